The molecular weight excluding hydrogens is 430 g/mol. The molecule has 9 heteroatoms. The lowest BCUT2D eigenvalue weighted by Crippen LogP contribution is -2.50. The van der Waals surface area contributed by atoms with E-state index in [1.165, 1.54) is 6.08 Å². The van der Waals surface area contributed by atoms with Gasteiger partial charge in [0, 0.05) is 39.5 Å². The first-order valence-corrected chi connectivity index (χ1v) is 12.0. The van der Waals surface area contributed by atoms with Crippen molar-refractivity contribution in [3.63, 3.8) is 0 Å². The van der Waals surface area contributed by atoms with Gasteiger partial charge in [-0.05, 0) is 50.6 Å². The van der Waals surface area contributed by atoms with Crippen molar-refractivity contribution in [2.24, 2.45) is 16.8 Å². The van der Waals surface area contributed by atoms with Crippen LogP contribution < -0.4 is 0 Å². The second kappa shape index (κ2) is 11.5. The quantitative estimate of drug-likeness (QED) is 0.470. The summed E-state index contributed by atoms with van der Waals surface area (Å²) in [5.41, 5.74) is 0.636. The van der Waals surface area contributed by atoms with E-state index in [-0.39, 0.29) is 30.4 Å². The Morgan fingerprint density at radius 2 is 1.97 bits per heavy atom. The van der Waals surface area contributed by atoms with Crippen molar-refractivity contribution >= 4 is 11.5 Å². The number of nitriles is 1. The van der Waals surface area contributed by atoms with E-state index in [0.717, 1.165) is 51.7 Å². The maximum absolute atomic E-state index is 13.1. The van der Waals surface area contributed by atoms with Gasteiger partial charge < -0.3 is 14.7 Å². The van der Waals surface area contributed by atoms with Gasteiger partial charge in [0.15, 0.2) is 5.78 Å². The molecule has 1 saturated heterocycles. The minimum Gasteiger partial charge on any atom is -0.438 e. The molecule has 1 aliphatic carbocycles. The molecule has 0 aromatic carbocycles. The Morgan fingerprint density at radius 3 is 2.55 bits per heavy atom. The van der Waals surface area contributed by atoms with Gasteiger partial charge in [-0.1, -0.05) is 12.8 Å². The maximum Gasteiger partial charge on any atom is 0.394 e. The number of Topliss-reactive ketones (excluding diaryl/α,β-unsaturated/α-hetero) is 1. The summed E-state index contributed by atoms with van der Waals surface area (Å²) in [6.45, 7) is 6.45. The van der Waals surface area contributed by atoms with Crippen LogP contribution in [0.4, 0.5) is 8.78 Å². The SMILES string of the molecule is C/C=C(\CC(O)N1CCN(CCC2CCC(C3N=C3C(=O)CC#N)CC2)CC1)OC(C)(F)F. The molecule has 0 bridgehead atoms. The van der Waals surface area contributed by atoms with Crippen LogP contribution in [0.5, 0.6) is 0 Å². The number of ether oxygens (including phenoxy) is 1. The van der Waals surface area contributed by atoms with Crippen LogP contribution in [-0.4, -0.2) is 77.5 Å². The molecule has 2 unspecified atom stereocenters. The number of aliphatic imine (C=N–C) groups is 1. The number of aliphatic hydroxyl groups is 1. The zero-order valence-electron chi connectivity index (χ0n) is 19.7. The molecule has 0 aromatic heterocycles. The first-order chi connectivity index (χ1) is 15.7. The van der Waals surface area contributed by atoms with E-state index < -0.39 is 12.3 Å². The molecule has 0 spiro atoms. The monoisotopic (exact) mass is 466 g/mol. The van der Waals surface area contributed by atoms with Gasteiger partial charge in [0.05, 0.1) is 18.5 Å². The number of piperazine rings is 1. The summed E-state index contributed by atoms with van der Waals surface area (Å²) in [5.74, 6) is 1.15. The molecule has 2 heterocycles. The molecular formula is C24H36F2N4O3. The Hall–Kier alpha value is -1.89. The van der Waals surface area contributed by atoms with E-state index >= 15 is 0 Å². The van der Waals surface area contributed by atoms with Gasteiger partial charge in [-0.25, -0.2) is 0 Å². The standard InChI is InChI=1S/C24H36F2N4O3/c1-3-19(33-24(2,25)26)16-21(32)30-14-12-29(13-15-30)11-9-17-4-6-18(7-5-17)22-23(28-22)20(31)8-10-27/h3,17-18,21-22,32H,4-9,11-16H2,1-2H3/b19-3+. The maximum atomic E-state index is 13.1. The van der Waals surface area contributed by atoms with Gasteiger partial charge in [0.1, 0.15) is 17.7 Å². The Morgan fingerprint density at radius 1 is 1.30 bits per heavy atom. The third-order valence-corrected chi connectivity index (χ3v) is 7.05. The minimum absolute atomic E-state index is 0.0533. The van der Waals surface area contributed by atoms with Crippen molar-refractivity contribution in [1.82, 2.24) is 9.80 Å². The summed E-state index contributed by atoms with van der Waals surface area (Å²) >= 11 is 0. The van der Waals surface area contributed by atoms with Crippen LogP contribution in [0.15, 0.2) is 16.8 Å². The highest BCUT2D eigenvalue weighted by molar-refractivity contribution is 6.47. The average Bonchev–Trinajstić information content (AvgIpc) is 3.58. The van der Waals surface area contributed by atoms with Crippen LogP contribution in [0.25, 0.3) is 0 Å². The minimum atomic E-state index is -3.25. The van der Waals surface area contributed by atoms with E-state index in [4.69, 9.17) is 5.26 Å². The van der Waals surface area contributed by atoms with Crippen molar-refractivity contribution in [1.29, 1.82) is 5.26 Å². The fraction of sp³-hybridized carbons (Fsp3) is 0.792. The molecule has 2 aliphatic heterocycles. The van der Waals surface area contributed by atoms with Crippen LogP contribution in [0.3, 0.4) is 0 Å². The summed E-state index contributed by atoms with van der Waals surface area (Å²) in [6.07, 6.45) is 3.03. The van der Waals surface area contributed by atoms with Gasteiger partial charge in [0.25, 0.3) is 0 Å². The first kappa shape index (κ1) is 25.7. The summed E-state index contributed by atoms with van der Waals surface area (Å²) < 4.78 is 30.8. The Bertz CT molecular complexity index is 774. The highest BCUT2D eigenvalue weighted by Crippen LogP contribution is 2.38. The number of carbonyl (C=O) groups excluding carboxylic acids is 1. The number of halogens is 2. The van der Waals surface area contributed by atoms with Crippen molar-refractivity contribution < 1.29 is 23.4 Å². The van der Waals surface area contributed by atoms with Crippen LogP contribution >= 0.6 is 0 Å². The van der Waals surface area contributed by atoms with Crippen LogP contribution in [0.1, 0.15) is 58.8 Å². The Balaban J connectivity index is 1.30. The van der Waals surface area contributed by atoms with E-state index in [2.05, 4.69) is 14.6 Å². The number of hydrogen-bond acceptors (Lipinski definition) is 7. The van der Waals surface area contributed by atoms with E-state index in [1.807, 2.05) is 11.0 Å². The molecule has 33 heavy (non-hydrogen) atoms. The highest BCUT2D eigenvalue weighted by atomic mass is 19.3. The Labute approximate surface area is 195 Å². The summed E-state index contributed by atoms with van der Waals surface area (Å²) in [6, 6.07) is 1.98. The van der Waals surface area contributed by atoms with Gasteiger partial charge in [0.2, 0.25) is 0 Å². The molecule has 1 N–H and O–H groups in total. The first-order valence-electron chi connectivity index (χ1n) is 12.0. The predicted molar refractivity (Wildman–Crippen MR) is 121 cm³/mol. The molecule has 0 amide bonds. The fourth-order valence-electron chi connectivity index (χ4n) is 5.04. The average molecular weight is 467 g/mol. The lowest BCUT2D eigenvalue weighted by Gasteiger charge is -2.38. The smallest absolute Gasteiger partial charge is 0.394 e. The molecule has 2 fully saturated rings. The van der Waals surface area contributed by atoms with E-state index in [0.29, 0.717) is 37.6 Å². The number of carbonyl (C=O) groups is 1. The molecule has 7 nitrogen and oxygen atoms in total. The third-order valence-electron chi connectivity index (χ3n) is 7.05. The lowest BCUT2D eigenvalue weighted by atomic mass is 9.78. The normalized spacial score (nSPS) is 28.1. The second-order valence-corrected chi connectivity index (χ2v) is 9.51. The molecule has 0 radical (unpaired) electrons. The lowest BCUT2D eigenvalue weighted by molar-refractivity contribution is -0.203. The molecule has 0 aromatic rings. The van der Waals surface area contributed by atoms with Gasteiger partial charge in [-0.3, -0.25) is 14.7 Å². The van der Waals surface area contributed by atoms with Crippen molar-refractivity contribution in [3.05, 3.63) is 11.8 Å². The summed E-state index contributed by atoms with van der Waals surface area (Å²) in [5, 5.41) is 19.1. The predicted octanol–water partition coefficient (Wildman–Crippen LogP) is 3.35. The van der Waals surface area contributed by atoms with Gasteiger partial charge in [-0.15, -0.1) is 0 Å². The third kappa shape index (κ3) is 7.83. The van der Waals surface area contributed by atoms with Crippen molar-refractivity contribution in [2.75, 3.05) is 32.7 Å². The number of alkyl halides is 2. The van der Waals surface area contributed by atoms with Crippen molar-refractivity contribution in [2.45, 2.75) is 77.2 Å². The number of allylic oxidation sites excluding steroid dienone is 1. The van der Waals surface area contributed by atoms with Crippen LogP contribution in [0.2, 0.25) is 0 Å². The van der Waals surface area contributed by atoms with E-state index in [1.54, 1.807) is 6.92 Å². The van der Waals surface area contributed by atoms with Gasteiger partial charge in [-0.2, -0.15) is 14.0 Å². The largest absolute Gasteiger partial charge is 0.438 e. The number of nitrogens with zero attached hydrogens (tertiary/aromatic N) is 4. The fourth-order valence-corrected chi connectivity index (χ4v) is 5.04. The zero-order valence-corrected chi connectivity index (χ0v) is 19.7. The highest BCUT2D eigenvalue weighted by Gasteiger charge is 2.41. The van der Waals surface area contributed by atoms with Crippen molar-refractivity contribution in [3.8, 4) is 6.07 Å². The molecule has 2 atom stereocenters. The zero-order chi connectivity index (χ0) is 24.0. The topological polar surface area (TPSA) is 89.2 Å². The van der Waals surface area contributed by atoms with E-state index in [9.17, 15) is 18.7 Å². The summed E-state index contributed by atoms with van der Waals surface area (Å²) in [7, 11) is 0. The molecule has 3 aliphatic rings. The number of aliphatic hydroxyl groups excluding tert-OH is 1. The molecule has 1 saturated carbocycles. The summed E-state index contributed by atoms with van der Waals surface area (Å²) in [4.78, 5) is 20.4. The number of rotatable bonds is 11. The number of hydrogen-bond donors (Lipinski definition) is 1. The van der Waals surface area contributed by atoms with Gasteiger partial charge >= 0.3 is 6.11 Å². The Kier molecular flexibility index (Phi) is 8.96. The molecule has 3 rings (SSSR count). The van der Waals surface area contributed by atoms with Crippen LogP contribution in [0, 0.1) is 23.2 Å². The molecule has 184 valence electrons. The number of ketones is 1. The second-order valence-electron chi connectivity index (χ2n) is 9.51. The van der Waals surface area contributed by atoms with Crippen LogP contribution in [-0.2, 0) is 9.53 Å².